The Kier molecular flexibility index (Phi) is 14.4. The molecule has 0 aromatic carbocycles. The Morgan fingerprint density at radius 3 is 1.94 bits per heavy atom. The van der Waals surface area contributed by atoms with Crippen molar-refractivity contribution in [2.24, 2.45) is 23.3 Å². The van der Waals surface area contributed by atoms with Gasteiger partial charge in [-0.1, -0.05) is 34.1 Å². The number of primary amides is 1. The third kappa shape index (κ3) is 11.4. The highest BCUT2D eigenvalue weighted by atomic mass is 32.2. The molecular formula is C21H39N5O6S. The first kappa shape index (κ1) is 30.7. The van der Waals surface area contributed by atoms with E-state index < -0.39 is 53.8 Å². The second-order valence-corrected chi connectivity index (χ2v) is 9.37. The molecule has 12 heteroatoms. The van der Waals surface area contributed by atoms with Crippen molar-refractivity contribution in [1.82, 2.24) is 16.0 Å². The fourth-order valence-electron chi connectivity index (χ4n) is 2.84. The molecule has 0 aliphatic carbocycles. The number of carbonyl (C=O) groups is 5. The highest BCUT2D eigenvalue weighted by molar-refractivity contribution is 7.98. The molecular weight excluding hydrogens is 450 g/mol. The van der Waals surface area contributed by atoms with Crippen molar-refractivity contribution >= 4 is 41.4 Å². The molecule has 8 N–H and O–H groups in total. The molecule has 0 rings (SSSR count). The molecule has 4 amide bonds. The van der Waals surface area contributed by atoms with E-state index in [1.165, 1.54) is 11.8 Å². The molecule has 11 nitrogen and oxygen atoms in total. The minimum atomic E-state index is -1.33. The van der Waals surface area contributed by atoms with Gasteiger partial charge in [-0.15, -0.1) is 0 Å². The Bertz CT molecular complexity index is 690. The van der Waals surface area contributed by atoms with Crippen LogP contribution in [-0.2, 0) is 24.0 Å². The van der Waals surface area contributed by atoms with Crippen LogP contribution in [0.2, 0.25) is 0 Å². The number of rotatable bonds is 16. The highest BCUT2D eigenvalue weighted by Crippen LogP contribution is 2.11. The molecule has 0 radical (unpaired) electrons. The lowest BCUT2D eigenvalue weighted by Gasteiger charge is -2.28. The maximum Gasteiger partial charge on any atom is 0.326 e. The fourth-order valence-corrected chi connectivity index (χ4v) is 3.31. The third-order valence-corrected chi connectivity index (χ3v) is 6.00. The molecule has 0 aliphatic rings. The van der Waals surface area contributed by atoms with Crippen LogP contribution in [-0.4, -0.2) is 70.9 Å². The van der Waals surface area contributed by atoms with Gasteiger partial charge in [-0.3, -0.25) is 19.2 Å². The average Bonchev–Trinajstić information content (AvgIpc) is 2.75. The normalized spacial score (nSPS) is 15.6. The van der Waals surface area contributed by atoms with Crippen LogP contribution in [0.3, 0.4) is 0 Å². The highest BCUT2D eigenvalue weighted by Gasteiger charge is 2.32. The van der Waals surface area contributed by atoms with Crippen molar-refractivity contribution in [3.63, 3.8) is 0 Å². The minimum absolute atomic E-state index is 0.124. The summed E-state index contributed by atoms with van der Waals surface area (Å²) in [5.74, 6) is -3.57. The Morgan fingerprint density at radius 1 is 0.909 bits per heavy atom. The van der Waals surface area contributed by atoms with Crippen LogP contribution < -0.4 is 27.4 Å². The Labute approximate surface area is 199 Å². The monoisotopic (exact) mass is 489 g/mol. The molecule has 190 valence electrons. The van der Waals surface area contributed by atoms with E-state index in [-0.39, 0.29) is 24.7 Å². The van der Waals surface area contributed by atoms with Gasteiger partial charge in [0.05, 0.1) is 6.04 Å². The predicted octanol–water partition coefficient (Wildman–Crippen LogP) is -0.427. The van der Waals surface area contributed by atoms with Crippen LogP contribution in [0.1, 0.15) is 53.4 Å². The van der Waals surface area contributed by atoms with E-state index in [0.717, 1.165) is 0 Å². The number of carboxylic acid groups (broad SMARTS) is 1. The van der Waals surface area contributed by atoms with Gasteiger partial charge in [0.1, 0.15) is 18.1 Å². The minimum Gasteiger partial charge on any atom is -0.480 e. The Hall–Kier alpha value is -2.34. The van der Waals surface area contributed by atoms with E-state index in [0.29, 0.717) is 18.6 Å². The van der Waals surface area contributed by atoms with Gasteiger partial charge in [0.2, 0.25) is 23.6 Å². The van der Waals surface area contributed by atoms with Gasteiger partial charge in [-0.05, 0) is 36.7 Å². The summed E-state index contributed by atoms with van der Waals surface area (Å²) in [4.78, 5) is 60.8. The maximum atomic E-state index is 13.0. The predicted molar refractivity (Wildman–Crippen MR) is 127 cm³/mol. The molecule has 0 fully saturated rings. The summed E-state index contributed by atoms with van der Waals surface area (Å²) in [5.41, 5.74) is 11.0. The van der Waals surface area contributed by atoms with Crippen LogP contribution in [0, 0.1) is 11.8 Å². The molecule has 5 atom stereocenters. The van der Waals surface area contributed by atoms with Crippen LogP contribution in [0.25, 0.3) is 0 Å². The molecule has 5 unspecified atom stereocenters. The second-order valence-electron chi connectivity index (χ2n) is 8.39. The van der Waals surface area contributed by atoms with Gasteiger partial charge in [-0.25, -0.2) is 4.79 Å². The van der Waals surface area contributed by atoms with Gasteiger partial charge < -0.3 is 32.5 Å². The first-order valence-corrected chi connectivity index (χ1v) is 12.4. The van der Waals surface area contributed by atoms with Crippen molar-refractivity contribution in [2.75, 3.05) is 12.0 Å². The van der Waals surface area contributed by atoms with E-state index in [1.54, 1.807) is 20.8 Å². The number of hydrogen-bond acceptors (Lipinski definition) is 7. The zero-order valence-corrected chi connectivity index (χ0v) is 20.9. The van der Waals surface area contributed by atoms with E-state index in [1.807, 2.05) is 13.2 Å². The van der Waals surface area contributed by atoms with E-state index in [2.05, 4.69) is 16.0 Å². The van der Waals surface area contributed by atoms with Crippen molar-refractivity contribution in [1.29, 1.82) is 0 Å². The molecule has 0 saturated carbocycles. The number of hydrogen-bond donors (Lipinski definition) is 6. The van der Waals surface area contributed by atoms with Crippen molar-refractivity contribution in [3.8, 4) is 0 Å². The maximum absolute atomic E-state index is 13.0. The van der Waals surface area contributed by atoms with Gasteiger partial charge >= 0.3 is 5.97 Å². The lowest BCUT2D eigenvalue weighted by Crippen LogP contribution is -2.59. The van der Waals surface area contributed by atoms with Gasteiger partial charge in [0.25, 0.3) is 0 Å². The lowest BCUT2D eigenvalue weighted by molar-refractivity contribution is -0.143. The van der Waals surface area contributed by atoms with Crippen molar-refractivity contribution in [3.05, 3.63) is 0 Å². The largest absolute Gasteiger partial charge is 0.480 e. The lowest BCUT2D eigenvalue weighted by atomic mass is 9.97. The molecule has 0 saturated heterocycles. The van der Waals surface area contributed by atoms with E-state index in [9.17, 15) is 29.1 Å². The number of nitrogens with one attached hydrogen (secondary N) is 3. The number of carboxylic acids is 1. The number of amides is 4. The van der Waals surface area contributed by atoms with Crippen molar-refractivity contribution in [2.45, 2.75) is 77.5 Å². The SMILES string of the molecule is CCC(C)C(NC(=O)C(CCSC)NC(=O)C(N)C(C)C)C(=O)NC(CCC(N)=O)C(=O)O. The molecule has 0 spiro atoms. The zero-order valence-electron chi connectivity index (χ0n) is 20.1. The summed E-state index contributed by atoms with van der Waals surface area (Å²) in [6.45, 7) is 7.16. The van der Waals surface area contributed by atoms with Gasteiger partial charge in [0, 0.05) is 6.42 Å². The summed E-state index contributed by atoms with van der Waals surface area (Å²) in [7, 11) is 0. The first-order chi connectivity index (χ1) is 15.3. The molecule has 0 aliphatic heterocycles. The second kappa shape index (κ2) is 15.5. The summed E-state index contributed by atoms with van der Waals surface area (Å²) in [6.07, 6.45) is 2.34. The van der Waals surface area contributed by atoms with Gasteiger partial charge in [0.15, 0.2) is 0 Å². The van der Waals surface area contributed by atoms with Crippen molar-refractivity contribution < 1.29 is 29.1 Å². The standard InChI is InChI=1S/C21H39N5O6S/c1-6-12(4)17(20(30)25-14(21(31)32)7-8-15(22)27)26-18(28)13(9-10-33-5)24-19(29)16(23)11(2)3/h11-14,16-17H,6-10,23H2,1-5H3,(H2,22,27)(H,24,29)(H,25,30)(H,26,28)(H,31,32). The molecule has 0 aromatic rings. The Morgan fingerprint density at radius 2 is 1.48 bits per heavy atom. The summed E-state index contributed by atoms with van der Waals surface area (Å²) in [5, 5.41) is 17.1. The average molecular weight is 490 g/mol. The number of aliphatic carboxylic acids is 1. The van der Waals surface area contributed by atoms with Crippen LogP contribution >= 0.6 is 11.8 Å². The Balaban J connectivity index is 5.52. The molecule has 0 heterocycles. The summed E-state index contributed by atoms with van der Waals surface area (Å²) >= 11 is 1.50. The van der Waals surface area contributed by atoms with Gasteiger partial charge in [-0.2, -0.15) is 11.8 Å². The van der Waals surface area contributed by atoms with Crippen LogP contribution in [0.4, 0.5) is 0 Å². The smallest absolute Gasteiger partial charge is 0.326 e. The topological polar surface area (TPSA) is 194 Å². The number of nitrogens with two attached hydrogens (primary N) is 2. The molecule has 0 bridgehead atoms. The zero-order chi connectivity index (χ0) is 25.7. The first-order valence-electron chi connectivity index (χ1n) is 11.0. The third-order valence-electron chi connectivity index (χ3n) is 5.35. The van der Waals surface area contributed by atoms with E-state index >= 15 is 0 Å². The molecule has 33 heavy (non-hydrogen) atoms. The molecule has 0 aromatic heterocycles. The summed E-state index contributed by atoms with van der Waals surface area (Å²) < 4.78 is 0. The fraction of sp³-hybridized carbons (Fsp3) is 0.762. The van der Waals surface area contributed by atoms with Crippen LogP contribution in [0.15, 0.2) is 0 Å². The van der Waals surface area contributed by atoms with Crippen LogP contribution in [0.5, 0.6) is 0 Å². The quantitative estimate of drug-likeness (QED) is 0.168. The summed E-state index contributed by atoms with van der Waals surface area (Å²) in [6, 6.07) is -4.06. The number of thioether (sulfide) groups is 1. The van der Waals surface area contributed by atoms with E-state index in [4.69, 9.17) is 11.5 Å². The number of carbonyl (C=O) groups excluding carboxylic acids is 4.